The van der Waals surface area contributed by atoms with Gasteiger partial charge in [-0.3, -0.25) is 0 Å². The summed E-state index contributed by atoms with van der Waals surface area (Å²) in [5.41, 5.74) is -0.492. The standard InChI is InChI=1S/C17H19O2Si/c1-7-16(3,4)18-14-11-9-10-13(12-20)15(14)19-17(5,6)8-2/h1-2,9-11H,12H2,3-6H3. The summed E-state index contributed by atoms with van der Waals surface area (Å²) in [4.78, 5) is 0. The lowest BCUT2D eigenvalue weighted by molar-refractivity contribution is 0.133. The van der Waals surface area contributed by atoms with Crippen LogP contribution in [0.5, 0.6) is 11.5 Å². The van der Waals surface area contributed by atoms with Crippen LogP contribution in [0, 0.1) is 24.7 Å². The molecule has 0 unspecified atom stereocenters. The molecular weight excluding hydrogens is 264 g/mol. The summed E-state index contributed by atoms with van der Waals surface area (Å²) < 4.78 is 11.8. The molecule has 0 fully saturated rings. The van der Waals surface area contributed by atoms with Gasteiger partial charge >= 0.3 is 0 Å². The fraction of sp³-hybridized carbons (Fsp3) is 0.412. The molecule has 3 radical (unpaired) electrons. The van der Waals surface area contributed by atoms with E-state index < -0.39 is 11.2 Å². The minimum atomic E-state index is -0.726. The SMILES string of the molecule is C#CC(C)(C)Oc1cccc(C[Si])c1OC(C)(C)C#C. The summed E-state index contributed by atoms with van der Waals surface area (Å²) >= 11 is 0. The third-order valence-electron chi connectivity index (χ3n) is 2.67. The van der Waals surface area contributed by atoms with E-state index >= 15 is 0 Å². The van der Waals surface area contributed by atoms with Crippen LogP contribution in [0.25, 0.3) is 0 Å². The van der Waals surface area contributed by atoms with Gasteiger partial charge < -0.3 is 9.47 Å². The molecule has 0 saturated heterocycles. The van der Waals surface area contributed by atoms with E-state index in [2.05, 4.69) is 22.1 Å². The molecule has 0 heterocycles. The molecule has 0 aliphatic rings. The zero-order valence-corrected chi connectivity index (χ0v) is 13.4. The van der Waals surface area contributed by atoms with Crippen molar-refractivity contribution in [2.45, 2.75) is 44.9 Å². The Morgan fingerprint density at radius 1 is 1.05 bits per heavy atom. The lowest BCUT2D eigenvalue weighted by atomic mass is 10.1. The molecule has 0 bridgehead atoms. The molecule has 2 nitrogen and oxygen atoms in total. The van der Waals surface area contributed by atoms with Crippen LogP contribution in [-0.4, -0.2) is 21.4 Å². The van der Waals surface area contributed by atoms with Crippen molar-refractivity contribution in [2.24, 2.45) is 0 Å². The molecule has 0 aliphatic carbocycles. The fourth-order valence-electron chi connectivity index (χ4n) is 1.49. The van der Waals surface area contributed by atoms with Crippen LogP contribution in [0.15, 0.2) is 18.2 Å². The number of para-hydroxylation sites is 1. The number of hydrogen-bond acceptors (Lipinski definition) is 2. The molecule has 1 rings (SSSR count). The van der Waals surface area contributed by atoms with Gasteiger partial charge in [0.15, 0.2) is 22.7 Å². The topological polar surface area (TPSA) is 18.5 Å². The maximum Gasteiger partial charge on any atom is 0.166 e. The molecule has 0 amide bonds. The van der Waals surface area contributed by atoms with E-state index in [9.17, 15) is 0 Å². The third-order valence-corrected chi connectivity index (χ3v) is 3.05. The largest absolute Gasteiger partial charge is 0.471 e. The zero-order chi connectivity index (χ0) is 15.4. The Hall–Kier alpha value is -1.84. The Morgan fingerprint density at radius 2 is 1.60 bits per heavy atom. The number of rotatable bonds is 5. The van der Waals surface area contributed by atoms with Crippen molar-refractivity contribution in [3.63, 3.8) is 0 Å². The molecule has 0 aromatic heterocycles. The van der Waals surface area contributed by atoms with Crippen LogP contribution in [0.3, 0.4) is 0 Å². The predicted molar refractivity (Wildman–Crippen MR) is 83.0 cm³/mol. The molecule has 3 heteroatoms. The lowest BCUT2D eigenvalue weighted by Crippen LogP contribution is -2.29. The van der Waals surface area contributed by atoms with Crippen LogP contribution >= 0.6 is 0 Å². The molecular formula is C17H19O2Si. The second-order valence-electron chi connectivity index (χ2n) is 5.43. The Kier molecular flexibility index (Phi) is 4.92. The molecule has 1 aromatic carbocycles. The number of terminal acetylenes is 2. The molecule has 103 valence electrons. The summed E-state index contributed by atoms with van der Waals surface area (Å²) in [5.74, 6) is 6.42. The van der Waals surface area contributed by atoms with Crippen LogP contribution < -0.4 is 9.47 Å². The second-order valence-corrected chi connectivity index (χ2v) is 5.79. The Balaban J connectivity index is 3.26. The minimum absolute atomic E-state index is 0.590. The molecule has 0 N–H and O–H groups in total. The van der Waals surface area contributed by atoms with Crippen molar-refractivity contribution >= 4 is 10.2 Å². The first-order valence-electron chi connectivity index (χ1n) is 6.34. The smallest absolute Gasteiger partial charge is 0.166 e. The van der Waals surface area contributed by atoms with Crippen molar-refractivity contribution < 1.29 is 9.47 Å². The van der Waals surface area contributed by atoms with Crippen LogP contribution in [0.4, 0.5) is 0 Å². The van der Waals surface area contributed by atoms with Gasteiger partial charge in [0, 0.05) is 10.2 Å². The fourth-order valence-corrected chi connectivity index (χ4v) is 1.76. The van der Waals surface area contributed by atoms with Crippen molar-refractivity contribution in [3.05, 3.63) is 23.8 Å². The van der Waals surface area contributed by atoms with E-state index in [-0.39, 0.29) is 0 Å². The van der Waals surface area contributed by atoms with E-state index in [0.29, 0.717) is 17.5 Å². The Bertz CT molecular complexity index is 559. The van der Waals surface area contributed by atoms with E-state index in [0.717, 1.165) is 5.56 Å². The summed E-state index contributed by atoms with van der Waals surface area (Å²) in [6.07, 6.45) is 11.0. The summed E-state index contributed by atoms with van der Waals surface area (Å²) in [6.45, 7) is 7.30. The van der Waals surface area contributed by atoms with Crippen molar-refractivity contribution in [1.82, 2.24) is 0 Å². The van der Waals surface area contributed by atoms with Crippen molar-refractivity contribution in [3.8, 4) is 36.2 Å². The van der Waals surface area contributed by atoms with Gasteiger partial charge in [-0.15, -0.1) is 12.8 Å². The van der Waals surface area contributed by atoms with Gasteiger partial charge in [0.05, 0.1) is 0 Å². The molecule has 0 aliphatic heterocycles. The first kappa shape index (κ1) is 16.2. The van der Waals surface area contributed by atoms with E-state index in [1.165, 1.54) is 0 Å². The highest BCUT2D eigenvalue weighted by atomic mass is 28.1. The van der Waals surface area contributed by atoms with Gasteiger partial charge in [-0.25, -0.2) is 0 Å². The highest BCUT2D eigenvalue weighted by molar-refractivity contribution is 6.08. The first-order valence-corrected chi connectivity index (χ1v) is 7.05. The van der Waals surface area contributed by atoms with Gasteiger partial charge in [0.1, 0.15) is 0 Å². The summed E-state index contributed by atoms with van der Waals surface area (Å²) in [7, 11) is 3.49. The molecule has 0 atom stereocenters. The molecule has 0 spiro atoms. The van der Waals surface area contributed by atoms with Crippen molar-refractivity contribution in [1.29, 1.82) is 0 Å². The Morgan fingerprint density at radius 3 is 2.10 bits per heavy atom. The van der Waals surface area contributed by atoms with Gasteiger partial charge in [-0.1, -0.05) is 24.0 Å². The van der Waals surface area contributed by atoms with E-state index in [1.54, 1.807) is 0 Å². The quantitative estimate of drug-likeness (QED) is 0.611. The average Bonchev–Trinajstić information content (AvgIpc) is 2.40. The van der Waals surface area contributed by atoms with E-state index in [1.807, 2.05) is 45.9 Å². The van der Waals surface area contributed by atoms with Gasteiger partial charge in [0.2, 0.25) is 0 Å². The average molecular weight is 283 g/mol. The number of hydrogen-bond donors (Lipinski definition) is 0. The van der Waals surface area contributed by atoms with Gasteiger partial charge in [-0.2, -0.15) is 0 Å². The van der Waals surface area contributed by atoms with Crippen LogP contribution in [0.1, 0.15) is 33.3 Å². The summed E-state index contributed by atoms with van der Waals surface area (Å²) in [6, 6.07) is 6.30. The highest BCUT2D eigenvalue weighted by Gasteiger charge is 2.24. The Labute approximate surface area is 125 Å². The monoisotopic (exact) mass is 283 g/mol. The normalized spacial score (nSPS) is 11.3. The minimum Gasteiger partial charge on any atom is -0.471 e. The van der Waals surface area contributed by atoms with Crippen molar-refractivity contribution in [2.75, 3.05) is 0 Å². The molecule has 1 aromatic rings. The zero-order valence-electron chi connectivity index (χ0n) is 12.4. The van der Waals surface area contributed by atoms with Crippen LogP contribution in [0.2, 0.25) is 0 Å². The predicted octanol–water partition coefficient (Wildman–Crippen LogP) is 2.94. The van der Waals surface area contributed by atoms with E-state index in [4.69, 9.17) is 22.3 Å². The lowest BCUT2D eigenvalue weighted by Gasteiger charge is -2.27. The summed E-state index contributed by atoms with van der Waals surface area (Å²) in [5, 5.41) is 0. The highest BCUT2D eigenvalue weighted by Crippen LogP contribution is 2.36. The van der Waals surface area contributed by atoms with Gasteiger partial charge in [0.25, 0.3) is 0 Å². The maximum absolute atomic E-state index is 5.93. The molecule has 0 saturated carbocycles. The van der Waals surface area contributed by atoms with Gasteiger partial charge in [-0.05, 0) is 45.4 Å². The van der Waals surface area contributed by atoms with Crippen LogP contribution in [-0.2, 0) is 6.04 Å². The maximum atomic E-state index is 5.93. The number of benzene rings is 1. The molecule has 20 heavy (non-hydrogen) atoms. The first-order chi connectivity index (χ1) is 9.24. The third kappa shape index (κ3) is 4.08. The second kappa shape index (κ2) is 6.07. The number of ether oxygens (including phenoxy) is 2.